The van der Waals surface area contributed by atoms with E-state index in [1.807, 2.05) is 20.8 Å². The van der Waals surface area contributed by atoms with E-state index in [-0.39, 0.29) is 5.82 Å². The summed E-state index contributed by atoms with van der Waals surface area (Å²) in [6, 6.07) is 4.89. The summed E-state index contributed by atoms with van der Waals surface area (Å²) in [6.45, 7) is 6.60. The fourth-order valence-corrected chi connectivity index (χ4v) is 2.60. The molecular weight excluding hydrogens is 267 g/mol. The first-order valence-corrected chi connectivity index (χ1v) is 6.95. The van der Waals surface area contributed by atoms with Gasteiger partial charge in [0, 0.05) is 17.9 Å². The number of hydrogen-bond donors (Lipinski definition) is 0. The maximum Gasteiger partial charge on any atom is 0.162 e. The Morgan fingerprint density at radius 2 is 2.10 bits per heavy atom. The van der Waals surface area contributed by atoms with Crippen LogP contribution in [0, 0.1) is 12.7 Å². The molecule has 1 aromatic heterocycles. The predicted octanol–water partition coefficient (Wildman–Crippen LogP) is 3.73. The molecule has 0 amide bonds. The Balaban J connectivity index is 2.12. The summed E-state index contributed by atoms with van der Waals surface area (Å²) >= 11 is 0. The molecule has 1 aliphatic heterocycles. The van der Waals surface area contributed by atoms with Crippen molar-refractivity contribution in [1.82, 2.24) is 9.97 Å². The van der Waals surface area contributed by atoms with E-state index < -0.39 is 0 Å². The summed E-state index contributed by atoms with van der Waals surface area (Å²) in [5.74, 6) is 0.589. The Morgan fingerprint density at radius 3 is 2.86 bits per heavy atom. The van der Waals surface area contributed by atoms with E-state index in [0.717, 1.165) is 47.1 Å². The van der Waals surface area contributed by atoms with Crippen LogP contribution in [0.5, 0.6) is 0 Å². The SMILES string of the molecule is CC(C)=Nc1c(C)ncnc1N1CCc2cc(F)ccc21. The number of aromatic nitrogens is 2. The normalized spacial score (nSPS) is 13.2. The quantitative estimate of drug-likeness (QED) is 0.789. The van der Waals surface area contributed by atoms with Crippen LogP contribution in [-0.4, -0.2) is 22.2 Å². The summed E-state index contributed by atoms with van der Waals surface area (Å²) in [5, 5.41) is 0. The molecule has 1 aliphatic rings. The fraction of sp³-hybridized carbons (Fsp3) is 0.312. The molecule has 5 heteroatoms. The first-order valence-electron chi connectivity index (χ1n) is 6.95. The molecule has 0 aliphatic carbocycles. The number of benzene rings is 1. The van der Waals surface area contributed by atoms with Crippen LogP contribution in [-0.2, 0) is 6.42 Å². The highest BCUT2D eigenvalue weighted by atomic mass is 19.1. The average molecular weight is 284 g/mol. The Labute approximate surface area is 123 Å². The van der Waals surface area contributed by atoms with Crippen molar-refractivity contribution in [1.29, 1.82) is 0 Å². The van der Waals surface area contributed by atoms with Gasteiger partial charge in [-0.1, -0.05) is 0 Å². The third-order valence-corrected chi connectivity index (χ3v) is 3.51. The zero-order valence-corrected chi connectivity index (χ0v) is 12.4. The van der Waals surface area contributed by atoms with Crippen molar-refractivity contribution in [2.45, 2.75) is 27.2 Å². The lowest BCUT2D eigenvalue weighted by atomic mass is 10.1. The summed E-state index contributed by atoms with van der Waals surface area (Å²) in [6.07, 6.45) is 2.36. The van der Waals surface area contributed by atoms with Gasteiger partial charge in [0.25, 0.3) is 0 Å². The van der Waals surface area contributed by atoms with Crippen LogP contribution in [0.25, 0.3) is 0 Å². The van der Waals surface area contributed by atoms with Crippen molar-refractivity contribution in [2.24, 2.45) is 4.99 Å². The Hall–Kier alpha value is -2.30. The van der Waals surface area contributed by atoms with Gasteiger partial charge < -0.3 is 4.90 Å². The van der Waals surface area contributed by atoms with Gasteiger partial charge in [0.15, 0.2) is 5.82 Å². The molecule has 0 atom stereocenters. The molecule has 0 saturated heterocycles. The van der Waals surface area contributed by atoms with Crippen LogP contribution in [0.15, 0.2) is 29.5 Å². The van der Waals surface area contributed by atoms with Crippen LogP contribution >= 0.6 is 0 Å². The minimum Gasteiger partial charge on any atom is -0.324 e. The first-order chi connectivity index (χ1) is 10.1. The summed E-state index contributed by atoms with van der Waals surface area (Å²) in [4.78, 5) is 15.3. The number of aliphatic imine (C=N–C) groups is 1. The molecular formula is C16H17FN4. The van der Waals surface area contributed by atoms with E-state index in [0.29, 0.717) is 0 Å². The van der Waals surface area contributed by atoms with Gasteiger partial charge in [-0.25, -0.2) is 14.4 Å². The molecule has 0 radical (unpaired) electrons. The number of hydrogen-bond acceptors (Lipinski definition) is 4. The smallest absolute Gasteiger partial charge is 0.162 e. The summed E-state index contributed by atoms with van der Waals surface area (Å²) < 4.78 is 13.3. The van der Waals surface area contributed by atoms with Crippen LogP contribution in [0.3, 0.4) is 0 Å². The van der Waals surface area contributed by atoms with Crippen molar-refractivity contribution in [3.8, 4) is 0 Å². The second kappa shape index (κ2) is 5.24. The van der Waals surface area contributed by atoms with E-state index in [1.54, 1.807) is 18.5 Å². The number of anilines is 2. The molecule has 2 aromatic rings. The van der Waals surface area contributed by atoms with Crippen molar-refractivity contribution < 1.29 is 4.39 Å². The Bertz CT molecular complexity index is 720. The van der Waals surface area contributed by atoms with Crippen LogP contribution in [0.1, 0.15) is 25.1 Å². The number of aryl methyl sites for hydroxylation is 1. The molecule has 3 rings (SSSR count). The van der Waals surface area contributed by atoms with Gasteiger partial charge in [-0.3, -0.25) is 4.99 Å². The molecule has 2 heterocycles. The number of fused-ring (bicyclic) bond motifs is 1. The number of rotatable bonds is 2. The molecule has 0 unspecified atom stereocenters. The van der Waals surface area contributed by atoms with Crippen LogP contribution in [0.4, 0.5) is 21.6 Å². The average Bonchev–Trinajstić information content (AvgIpc) is 2.83. The zero-order valence-electron chi connectivity index (χ0n) is 12.4. The molecule has 0 N–H and O–H groups in total. The van der Waals surface area contributed by atoms with Gasteiger partial charge in [0.2, 0.25) is 0 Å². The molecule has 0 bridgehead atoms. The van der Waals surface area contributed by atoms with E-state index in [9.17, 15) is 4.39 Å². The lowest BCUT2D eigenvalue weighted by molar-refractivity contribution is 0.626. The maximum atomic E-state index is 13.3. The molecule has 0 saturated carbocycles. The molecule has 0 fully saturated rings. The van der Waals surface area contributed by atoms with E-state index in [2.05, 4.69) is 19.9 Å². The standard InChI is InChI=1S/C16H17FN4/c1-10(2)20-15-11(3)18-9-19-16(15)21-7-6-12-8-13(17)4-5-14(12)21/h4-5,8-9H,6-7H2,1-3H3. The topological polar surface area (TPSA) is 41.4 Å². The second-order valence-electron chi connectivity index (χ2n) is 5.36. The largest absolute Gasteiger partial charge is 0.324 e. The van der Waals surface area contributed by atoms with Crippen molar-refractivity contribution in [3.05, 3.63) is 41.6 Å². The van der Waals surface area contributed by atoms with Crippen LogP contribution < -0.4 is 4.90 Å². The van der Waals surface area contributed by atoms with Gasteiger partial charge in [0.1, 0.15) is 17.8 Å². The molecule has 108 valence electrons. The predicted molar refractivity (Wildman–Crippen MR) is 82.3 cm³/mol. The zero-order chi connectivity index (χ0) is 15.0. The van der Waals surface area contributed by atoms with E-state index in [1.165, 1.54) is 6.07 Å². The molecule has 4 nitrogen and oxygen atoms in total. The van der Waals surface area contributed by atoms with Crippen molar-refractivity contribution in [2.75, 3.05) is 11.4 Å². The molecule has 21 heavy (non-hydrogen) atoms. The van der Waals surface area contributed by atoms with Gasteiger partial charge in [-0.15, -0.1) is 0 Å². The maximum absolute atomic E-state index is 13.3. The molecule has 1 aromatic carbocycles. The number of nitrogens with zero attached hydrogens (tertiary/aromatic N) is 4. The monoisotopic (exact) mass is 284 g/mol. The minimum absolute atomic E-state index is 0.197. The van der Waals surface area contributed by atoms with Crippen molar-refractivity contribution in [3.63, 3.8) is 0 Å². The lowest BCUT2D eigenvalue weighted by Crippen LogP contribution is -2.15. The second-order valence-corrected chi connectivity index (χ2v) is 5.36. The number of halogens is 1. The van der Waals surface area contributed by atoms with Gasteiger partial charge in [-0.05, 0) is 51.0 Å². The third kappa shape index (κ3) is 2.51. The highest BCUT2D eigenvalue weighted by Crippen LogP contribution is 2.39. The first kappa shape index (κ1) is 13.7. The highest BCUT2D eigenvalue weighted by Gasteiger charge is 2.24. The lowest BCUT2D eigenvalue weighted by Gasteiger charge is -2.20. The third-order valence-electron chi connectivity index (χ3n) is 3.51. The van der Waals surface area contributed by atoms with Crippen LogP contribution in [0.2, 0.25) is 0 Å². The van der Waals surface area contributed by atoms with Gasteiger partial charge in [-0.2, -0.15) is 0 Å². The van der Waals surface area contributed by atoms with Gasteiger partial charge in [0.05, 0.1) is 5.69 Å². The van der Waals surface area contributed by atoms with Crippen molar-refractivity contribution >= 4 is 22.9 Å². The highest BCUT2D eigenvalue weighted by molar-refractivity contribution is 5.86. The Kier molecular flexibility index (Phi) is 3.41. The minimum atomic E-state index is -0.197. The van der Waals surface area contributed by atoms with E-state index in [4.69, 9.17) is 0 Å². The molecule has 0 spiro atoms. The summed E-state index contributed by atoms with van der Waals surface area (Å²) in [7, 11) is 0. The Morgan fingerprint density at radius 1 is 1.29 bits per heavy atom. The van der Waals surface area contributed by atoms with Gasteiger partial charge >= 0.3 is 0 Å². The fourth-order valence-electron chi connectivity index (χ4n) is 2.60. The summed E-state index contributed by atoms with van der Waals surface area (Å²) in [5.41, 5.74) is 4.59. The van der Waals surface area contributed by atoms with E-state index >= 15 is 0 Å².